The van der Waals surface area contributed by atoms with Gasteiger partial charge in [-0.2, -0.15) is 9.97 Å². The minimum atomic E-state index is 0.156. The Hall–Kier alpha value is -2.71. The van der Waals surface area contributed by atoms with Gasteiger partial charge in [-0.1, -0.05) is 12.1 Å². The second-order valence-corrected chi connectivity index (χ2v) is 7.60. The third kappa shape index (κ3) is 3.42. The summed E-state index contributed by atoms with van der Waals surface area (Å²) in [4.78, 5) is 18.9. The van der Waals surface area contributed by atoms with E-state index in [1.165, 1.54) is 0 Å². The van der Waals surface area contributed by atoms with Gasteiger partial charge in [0.25, 0.3) is 0 Å². The largest absolute Gasteiger partial charge is 0.378 e. The molecule has 2 aliphatic heterocycles. The minimum Gasteiger partial charge on any atom is -0.378 e. The molecule has 0 saturated carbocycles. The smallest absolute Gasteiger partial charge is 0.229 e. The number of para-hydroxylation sites is 2. The maximum absolute atomic E-state index is 5.82. The SMILES string of the molecule is C[C@@H]1OCCN(c2cc(-n3cnc4ccccc43)nc(N3CCOCC3)n2)[C@H]1C. The van der Waals surface area contributed by atoms with Gasteiger partial charge in [-0.25, -0.2) is 4.98 Å². The molecule has 0 N–H and O–H groups in total. The van der Waals surface area contributed by atoms with Gasteiger partial charge >= 0.3 is 0 Å². The number of hydrogen-bond acceptors (Lipinski definition) is 7. The van der Waals surface area contributed by atoms with Crippen molar-refractivity contribution in [3.63, 3.8) is 0 Å². The van der Waals surface area contributed by atoms with Gasteiger partial charge in [0.05, 0.1) is 43.0 Å². The van der Waals surface area contributed by atoms with Gasteiger partial charge in [0.1, 0.15) is 18.0 Å². The zero-order valence-corrected chi connectivity index (χ0v) is 16.9. The van der Waals surface area contributed by atoms with Crippen molar-refractivity contribution in [2.24, 2.45) is 0 Å². The lowest BCUT2D eigenvalue weighted by molar-refractivity contribution is 0.0281. The molecular weight excluding hydrogens is 368 g/mol. The van der Waals surface area contributed by atoms with E-state index >= 15 is 0 Å². The molecule has 4 heterocycles. The van der Waals surface area contributed by atoms with E-state index in [2.05, 4.69) is 40.8 Å². The predicted molar refractivity (Wildman–Crippen MR) is 112 cm³/mol. The molecule has 0 aliphatic carbocycles. The average Bonchev–Trinajstić information content (AvgIpc) is 3.20. The molecule has 0 spiro atoms. The molecule has 29 heavy (non-hydrogen) atoms. The van der Waals surface area contributed by atoms with Crippen LogP contribution in [0.15, 0.2) is 36.7 Å². The van der Waals surface area contributed by atoms with Crippen molar-refractivity contribution in [3.8, 4) is 5.82 Å². The third-order valence-electron chi connectivity index (χ3n) is 5.86. The number of benzene rings is 1. The van der Waals surface area contributed by atoms with E-state index in [9.17, 15) is 0 Å². The lowest BCUT2D eigenvalue weighted by atomic mass is 10.1. The first-order chi connectivity index (χ1) is 14.2. The first kappa shape index (κ1) is 18.3. The maximum Gasteiger partial charge on any atom is 0.229 e. The highest BCUT2D eigenvalue weighted by Crippen LogP contribution is 2.27. The molecule has 8 nitrogen and oxygen atoms in total. The van der Waals surface area contributed by atoms with Gasteiger partial charge in [0, 0.05) is 25.7 Å². The summed E-state index contributed by atoms with van der Waals surface area (Å²) in [6, 6.07) is 10.4. The van der Waals surface area contributed by atoms with Crippen LogP contribution in [0.2, 0.25) is 0 Å². The second-order valence-electron chi connectivity index (χ2n) is 7.60. The number of ether oxygens (including phenoxy) is 2. The van der Waals surface area contributed by atoms with Gasteiger partial charge in [-0.05, 0) is 26.0 Å². The third-order valence-corrected chi connectivity index (χ3v) is 5.86. The molecular formula is C21H26N6O2. The first-order valence-electron chi connectivity index (χ1n) is 10.2. The van der Waals surface area contributed by atoms with E-state index in [-0.39, 0.29) is 12.1 Å². The zero-order valence-electron chi connectivity index (χ0n) is 16.9. The van der Waals surface area contributed by atoms with Crippen LogP contribution in [-0.4, -0.2) is 71.1 Å². The quantitative estimate of drug-likeness (QED) is 0.675. The summed E-state index contributed by atoms with van der Waals surface area (Å²) in [5, 5.41) is 0. The van der Waals surface area contributed by atoms with E-state index < -0.39 is 0 Å². The molecule has 5 rings (SSSR count). The molecule has 2 atom stereocenters. The molecule has 2 saturated heterocycles. The summed E-state index contributed by atoms with van der Waals surface area (Å²) < 4.78 is 13.4. The van der Waals surface area contributed by atoms with Crippen LogP contribution in [0.3, 0.4) is 0 Å². The molecule has 2 aliphatic rings. The summed E-state index contributed by atoms with van der Waals surface area (Å²) in [6.07, 6.45) is 1.99. The van der Waals surface area contributed by atoms with Crippen molar-refractivity contribution in [3.05, 3.63) is 36.7 Å². The Kier molecular flexibility index (Phi) is 4.81. The molecule has 8 heteroatoms. The number of hydrogen-bond donors (Lipinski definition) is 0. The number of aromatic nitrogens is 4. The molecule has 0 unspecified atom stereocenters. The summed E-state index contributed by atoms with van der Waals surface area (Å²) in [6.45, 7) is 8.80. The Labute approximate surface area is 170 Å². The van der Waals surface area contributed by atoms with Crippen molar-refractivity contribution in [2.45, 2.75) is 26.0 Å². The van der Waals surface area contributed by atoms with Crippen molar-refractivity contribution in [2.75, 3.05) is 49.3 Å². The summed E-state index contributed by atoms with van der Waals surface area (Å²) >= 11 is 0. The maximum atomic E-state index is 5.82. The molecule has 0 radical (unpaired) electrons. The number of nitrogens with zero attached hydrogens (tertiary/aromatic N) is 6. The van der Waals surface area contributed by atoms with Crippen molar-refractivity contribution < 1.29 is 9.47 Å². The number of fused-ring (bicyclic) bond motifs is 1. The summed E-state index contributed by atoms with van der Waals surface area (Å²) in [7, 11) is 0. The van der Waals surface area contributed by atoms with E-state index in [4.69, 9.17) is 19.4 Å². The van der Waals surface area contributed by atoms with Crippen LogP contribution < -0.4 is 9.80 Å². The minimum absolute atomic E-state index is 0.156. The van der Waals surface area contributed by atoms with Gasteiger partial charge in [0.2, 0.25) is 5.95 Å². The van der Waals surface area contributed by atoms with Gasteiger partial charge in [0.15, 0.2) is 0 Å². The summed E-state index contributed by atoms with van der Waals surface area (Å²) in [5.74, 6) is 2.50. The normalized spacial score (nSPS) is 23.0. The number of rotatable bonds is 3. The van der Waals surface area contributed by atoms with Crippen LogP contribution in [0.1, 0.15) is 13.8 Å². The zero-order chi connectivity index (χ0) is 19.8. The molecule has 0 bridgehead atoms. The van der Waals surface area contributed by atoms with Crippen LogP contribution in [-0.2, 0) is 9.47 Å². The van der Waals surface area contributed by atoms with Crippen LogP contribution in [0.25, 0.3) is 16.9 Å². The Morgan fingerprint density at radius 2 is 1.76 bits per heavy atom. The molecule has 152 valence electrons. The summed E-state index contributed by atoms with van der Waals surface area (Å²) in [5.41, 5.74) is 1.99. The molecule has 1 aromatic carbocycles. The average molecular weight is 394 g/mol. The predicted octanol–water partition coefficient (Wildman–Crippen LogP) is 2.27. The van der Waals surface area contributed by atoms with Crippen LogP contribution in [0.4, 0.5) is 11.8 Å². The standard InChI is InChI=1S/C21H26N6O2/c1-15-16(2)29-12-9-26(15)19-13-20(24-21(23-19)25-7-10-28-11-8-25)27-14-22-17-5-3-4-6-18(17)27/h3-6,13-16H,7-12H2,1-2H3/t15-,16-/m0/s1. The highest BCUT2D eigenvalue weighted by molar-refractivity contribution is 5.77. The fourth-order valence-corrected chi connectivity index (χ4v) is 3.98. The van der Waals surface area contributed by atoms with Crippen molar-refractivity contribution >= 4 is 22.8 Å². The number of imidazole rings is 1. The number of anilines is 2. The van der Waals surface area contributed by atoms with Gasteiger partial charge in [-0.3, -0.25) is 4.57 Å². The van der Waals surface area contributed by atoms with Gasteiger partial charge in [-0.15, -0.1) is 0 Å². The highest BCUT2D eigenvalue weighted by atomic mass is 16.5. The van der Waals surface area contributed by atoms with E-state index in [1.54, 1.807) is 0 Å². The second kappa shape index (κ2) is 7.61. The highest BCUT2D eigenvalue weighted by Gasteiger charge is 2.28. The first-order valence-corrected chi connectivity index (χ1v) is 10.2. The Morgan fingerprint density at radius 1 is 0.966 bits per heavy atom. The molecule has 2 fully saturated rings. The Balaban J connectivity index is 1.62. The lowest BCUT2D eigenvalue weighted by Crippen LogP contribution is -2.49. The Bertz CT molecular complexity index is 1000. The van der Waals surface area contributed by atoms with Crippen molar-refractivity contribution in [1.82, 2.24) is 19.5 Å². The monoisotopic (exact) mass is 394 g/mol. The molecule has 2 aromatic heterocycles. The van der Waals surface area contributed by atoms with E-state index in [0.717, 1.165) is 48.3 Å². The fourth-order valence-electron chi connectivity index (χ4n) is 3.98. The van der Waals surface area contributed by atoms with Crippen molar-refractivity contribution in [1.29, 1.82) is 0 Å². The van der Waals surface area contributed by atoms with E-state index in [0.29, 0.717) is 19.8 Å². The topological polar surface area (TPSA) is 68.5 Å². The molecule has 3 aromatic rings. The fraction of sp³-hybridized carbons (Fsp3) is 0.476. The lowest BCUT2D eigenvalue weighted by Gasteiger charge is -2.39. The number of morpholine rings is 2. The Morgan fingerprint density at radius 3 is 2.62 bits per heavy atom. The van der Waals surface area contributed by atoms with E-state index in [1.807, 2.05) is 29.1 Å². The van der Waals surface area contributed by atoms with Crippen LogP contribution >= 0.6 is 0 Å². The van der Waals surface area contributed by atoms with Crippen LogP contribution in [0, 0.1) is 0 Å². The van der Waals surface area contributed by atoms with Gasteiger partial charge < -0.3 is 19.3 Å². The van der Waals surface area contributed by atoms with Crippen LogP contribution in [0.5, 0.6) is 0 Å². The molecule has 0 amide bonds.